The second kappa shape index (κ2) is 3.44. The Balaban J connectivity index is 2.59. The highest BCUT2D eigenvalue weighted by molar-refractivity contribution is 6.43. The first-order valence-corrected chi connectivity index (χ1v) is 4.44. The fourth-order valence-electron chi connectivity index (χ4n) is 1.05. The quantitative estimate of drug-likeness (QED) is 0.694. The molecular weight excluding hydrogens is 207 g/mol. The maximum atomic E-state index is 5.96. The number of hydrogen-bond acceptors (Lipinski definition) is 1. The molecule has 3 heteroatoms. The summed E-state index contributed by atoms with van der Waals surface area (Å²) in [7, 11) is 0. The molecule has 1 radical (unpaired) electrons. The van der Waals surface area contributed by atoms with Gasteiger partial charge in [-0.05, 0) is 24.3 Å². The lowest BCUT2D eigenvalue weighted by Gasteiger charge is -2.00. The molecule has 0 fully saturated rings. The standard InChI is InChI=1S/C10H5Cl2O/c11-8-4-1-3-7(10(8)12)9-5-2-6-13-9/h1-2,4-6H. The largest absolute Gasteiger partial charge is 0.464 e. The third-order valence-electron chi connectivity index (χ3n) is 1.65. The molecule has 0 unspecified atom stereocenters. The lowest BCUT2D eigenvalue weighted by atomic mass is 10.2. The molecule has 2 aromatic rings. The second-order valence-electron chi connectivity index (χ2n) is 2.49. The Kier molecular flexibility index (Phi) is 2.30. The van der Waals surface area contributed by atoms with Gasteiger partial charge in [0.25, 0.3) is 0 Å². The molecule has 0 aliphatic carbocycles. The van der Waals surface area contributed by atoms with Crippen LogP contribution in [0.3, 0.4) is 0 Å². The van der Waals surface area contributed by atoms with Crippen LogP contribution in [0, 0.1) is 6.07 Å². The first-order valence-electron chi connectivity index (χ1n) is 3.68. The van der Waals surface area contributed by atoms with E-state index < -0.39 is 0 Å². The molecule has 1 aromatic carbocycles. The molecule has 1 nitrogen and oxygen atoms in total. The van der Waals surface area contributed by atoms with Gasteiger partial charge in [-0.15, -0.1) is 0 Å². The summed E-state index contributed by atoms with van der Waals surface area (Å²) in [5, 5.41) is 0.978. The predicted molar refractivity (Wildman–Crippen MR) is 53.0 cm³/mol. The average molecular weight is 212 g/mol. The maximum Gasteiger partial charge on any atom is 0.136 e. The van der Waals surface area contributed by atoms with Gasteiger partial charge >= 0.3 is 0 Å². The fraction of sp³-hybridized carbons (Fsp3) is 0. The summed E-state index contributed by atoms with van der Waals surface area (Å²) in [5.41, 5.74) is 0.694. The van der Waals surface area contributed by atoms with E-state index in [0.29, 0.717) is 21.4 Å². The number of rotatable bonds is 1. The van der Waals surface area contributed by atoms with Crippen LogP contribution in [0.4, 0.5) is 0 Å². The van der Waals surface area contributed by atoms with E-state index in [2.05, 4.69) is 6.07 Å². The van der Waals surface area contributed by atoms with Gasteiger partial charge in [0.15, 0.2) is 0 Å². The summed E-state index contributed by atoms with van der Waals surface area (Å²) in [6.45, 7) is 0. The van der Waals surface area contributed by atoms with E-state index >= 15 is 0 Å². The highest BCUT2D eigenvalue weighted by Gasteiger charge is 2.08. The lowest BCUT2D eigenvalue weighted by Crippen LogP contribution is -1.77. The highest BCUT2D eigenvalue weighted by Crippen LogP contribution is 2.32. The smallest absolute Gasteiger partial charge is 0.136 e. The van der Waals surface area contributed by atoms with Crippen LogP contribution >= 0.6 is 23.2 Å². The molecule has 0 saturated heterocycles. The minimum Gasteiger partial charge on any atom is -0.464 e. The summed E-state index contributed by atoms with van der Waals surface area (Å²) in [6.07, 6.45) is 1.58. The van der Waals surface area contributed by atoms with Crippen LogP contribution in [-0.4, -0.2) is 0 Å². The molecule has 0 atom stereocenters. The predicted octanol–water partition coefficient (Wildman–Crippen LogP) is 4.05. The monoisotopic (exact) mass is 211 g/mol. The van der Waals surface area contributed by atoms with Crippen molar-refractivity contribution in [1.82, 2.24) is 0 Å². The Morgan fingerprint density at radius 1 is 1.23 bits per heavy atom. The molecule has 0 N–H and O–H groups in total. The summed E-state index contributed by atoms with van der Waals surface area (Å²) < 4.78 is 5.18. The molecule has 2 rings (SSSR count). The molecule has 1 heterocycles. The van der Waals surface area contributed by atoms with Crippen LogP contribution in [0.2, 0.25) is 10.0 Å². The van der Waals surface area contributed by atoms with Crippen molar-refractivity contribution in [2.45, 2.75) is 0 Å². The number of hydrogen-bond donors (Lipinski definition) is 0. The zero-order valence-electron chi connectivity index (χ0n) is 6.55. The van der Waals surface area contributed by atoms with Crippen molar-refractivity contribution in [1.29, 1.82) is 0 Å². The van der Waals surface area contributed by atoms with Gasteiger partial charge in [0.05, 0.1) is 16.3 Å². The molecule has 0 aliphatic rings. The van der Waals surface area contributed by atoms with Crippen molar-refractivity contribution in [3.63, 3.8) is 0 Å². The Bertz CT molecular complexity index is 407. The van der Waals surface area contributed by atoms with E-state index in [1.54, 1.807) is 24.5 Å². The second-order valence-corrected chi connectivity index (χ2v) is 3.28. The number of furan rings is 1. The van der Waals surface area contributed by atoms with E-state index in [0.717, 1.165) is 0 Å². The van der Waals surface area contributed by atoms with Crippen LogP contribution in [0.25, 0.3) is 11.3 Å². The SMILES string of the molecule is Clc1cc[c]c(-c2ccco2)c1Cl. The van der Waals surface area contributed by atoms with Crippen LogP contribution < -0.4 is 0 Å². The Hall–Kier alpha value is -0.920. The van der Waals surface area contributed by atoms with Crippen molar-refractivity contribution < 1.29 is 4.42 Å². The van der Waals surface area contributed by atoms with Crippen molar-refractivity contribution in [2.75, 3.05) is 0 Å². The van der Waals surface area contributed by atoms with E-state index in [4.69, 9.17) is 27.6 Å². The first kappa shape index (κ1) is 8.67. The lowest BCUT2D eigenvalue weighted by molar-refractivity contribution is 0.582. The van der Waals surface area contributed by atoms with Gasteiger partial charge in [0.2, 0.25) is 0 Å². The van der Waals surface area contributed by atoms with Gasteiger partial charge in [-0.3, -0.25) is 0 Å². The third-order valence-corrected chi connectivity index (χ3v) is 2.46. The van der Waals surface area contributed by atoms with Crippen LogP contribution in [0.15, 0.2) is 34.9 Å². The maximum absolute atomic E-state index is 5.96. The van der Waals surface area contributed by atoms with Gasteiger partial charge in [0, 0.05) is 5.56 Å². The molecule has 1 aromatic heterocycles. The third kappa shape index (κ3) is 1.58. The molecule has 0 bridgehead atoms. The molecular formula is C10H5Cl2O. The van der Waals surface area contributed by atoms with Gasteiger partial charge < -0.3 is 4.42 Å². The van der Waals surface area contributed by atoms with E-state index in [-0.39, 0.29) is 0 Å². The Morgan fingerprint density at radius 3 is 2.77 bits per heavy atom. The van der Waals surface area contributed by atoms with Crippen molar-refractivity contribution in [3.8, 4) is 11.3 Å². The minimum absolute atomic E-state index is 0.471. The first-order chi connectivity index (χ1) is 6.29. The van der Waals surface area contributed by atoms with Gasteiger partial charge in [-0.2, -0.15) is 0 Å². The normalized spacial score (nSPS) is 10.3. The molecule has 13 heavy (non-hydrogen) atoms. The summed E-state index contributed by atoms with van der Waals surface area (Å²) in [5.74, 6) is 0.674. The topological polar surface area (TPSA) is 13.1 Å². The summed E-state index contributed by atoms with van der Waals surface area (Å²) in [4.78, 5) is 0. The van der Waals surface area contributed by atoms with Crippen LogP contribution in [0.5, 0.6) is 0 Å². The summed E-state index contributed by atoms with van der Waals surface area (Å²) in [6, 6.07) is 9.98. The number of halogens is 2. The molecule has 0 saturated carbocycles. The van der Waals surface area contributed by atoms with E-state index in [1.165, 1.54) is 0 Å². The van der Waals surface area contributed by atoms with Crippen LogP contribution in [0.1, 0.15) is 0 Å². The zero-order chi connectivity index (χ0) is 9.26. The minimum atomic E-state index is 0.471. The van der Waals surface area contributed by atoms with Crippen LogP contribution in [-0.2, 0) is 0 Å². The van der Waals surface area contributed by atoms with E-state index in [1.807, 2.05) is 6.07 Å². The zero-order valence-corrected chi connectivity index (χ0v) is 8.06. The number of benzene rings is 1. The average Bonchev–Trinajstić information content (AvgIpc) is 2.62. The molecule has 0 spiro atoms. The van der Waals surface area contributed by atoms with Gasteiger partial charge in [-0.1, -0.05) is 29.3 Å². The van der Waals surface area contributed by atoms with E-state index in [9.17, 15) is 0 Å². The van der Waals surface area contributed by atoms with Crippen molar-refractivity contribution in [2.24, 2.45) is 0 Å². The highest BCUT2D eigenvalue weighted by atomic mass is 35.5. The molecule has 0 aliphatic heterocycles. The summed E-state index contributed by atoms with van der Waals surface area (Å²) >= 11 is 11.8. The van der Waals surface area contributed by atoms with Crippen molar-refractivity contribution >= 4 is 23.2 Å². The Labute approximate surface area is 85.9 Å². The Morgan fingerprint density at radius 2 is 2.08 bits per heavy atom. The van der Waals surface area contributed by atoms with Gasteiger partial charge in [-0.25, -0.2) is 0 Å². The van der Waals surface area contributed by atoms with Gasteiger partial charge in [0.1, 0.15) is 5.76 Å². The molecule has 65 valence electrons. The van der Waals surface area contributed by atoms with Crippen molar-refractivity contribution in [3.05, 3.63) is 46.6 Å². The fourth-order valence-corrected chi connectivity index (χ4v) is 1.42. The molecule has 0 amide bonds.